The van der Waals surface area contributed by atoms with Crippen molar-refractivity contribution in [2.75, 3.05) is 6.54 Å². The van der Waals surface area contributed by atoms with Crippen molar-refractivity contribution in [3.8, 4) is 0 Å². The Hall–Kier alpha value is -1.32. The smallest absolute Gasteiger partial charge is 0.194 e. The molecule has 0 saturated heterocycles. The Morgan fingerprint density at radius 3 is 2.78 bits per heavy atom. The van der Waals surface area contributed by atoms with Crippen molar-refractivity contribution in [3.63, 3.8) is 0 Å². The predicted octanol–water partition coefficient (Wildman–Crippen LogP) is 3.00. The SMILES string of the molecule is NCCCc1cnc(CCc2ccccc2Cl)o1. The van der Waals surface area contributed by atoms with Crippen LogP contribution in [0.5, 0.6) is 0 Å². The Kier molecular flexibility index (Phi) is 4.79. The third kappa shape index (κ3) is 3.59. The molecule has 1 aromatic carbocycles. The molecule has 0 spiro atoms. The summed E-state index contributed by atoms with van der Waals surface area (Å²) in [5.41, 5.74) is 6.58. The summed E-state index contributed by atoms with van der Waals surface area (Å²) < 4.78 is 5.64. The molecule has 0 aliphatic heterocycles. The van der Waals surface area contributed by atoms with E-state index >= 15 is 0 Å². The Bertz CT molecular complexity index is 496. The van der Waals surface area contributed by atoms with Crippen LogP contribution in [0.4, 0.5) is 0 Å². The summed E-state index contributed by atoms with van der Waals surface area (Å²) in [6.45, 7) is 0.676. The van der Waals surface area contributed by atoms with Gasteiger partial charge in [-0.3, -0.25) is 0 Å². The number of oxazole rings is 1. The quantitative estimate of drug-likeness (QED) is 0.873. The molecule has 0 amide bonds. The molecule has 0 saturated carbocycles. The first kappa shape index (κ1) is 13.1. The van der Waals surface area contributed by atoms with Gasteiger partial charge in [0.2, 0.25) is 0 Å². The highest BCUT2D eigenvalue weighted by Crippen LogP contribution is 2.17. The average Bonchev–Trinajstić information content (AvgIpc) is 2.83. The zero-order chi connectivity index (χ0) is 12.8. The van der Waals surface area contributed by atoms with E-state index in [4.69, 9.17) is 21.8 Å². The first-order valence-corrected chi connectivity index (χ1v) is 6.54. The van der Waals surface area contributed by atoms with Crippen LogP contribution in [0.3, 0.4) is 0 Å². The highest BCUT2D eigenvalue weighted by Gasteiger charge is 2.05. The predicted molar refractivity (Wildman–Crippen MR) is 72.7 cm³/mol. The van der Waals surface area contributed by atoms with Crippen LogP contribution in [0, 0.1) is 0 Å². The zero-order valence-corrected chi connectivity index (χ0v) is 11.0. The molecule has 0 fully saturated rings. The summed E-state index contributed by atoms with van der Waals surface area (Å²) >= 11 is 6.10. The van der Waals surface area contributed by atoms with Gasteiger partial charge in [0, 0.05) is 17.9 Å². The second-order valence-electron chi connectivity index (χ2n) is 4.20. The Morgan fingerprint density at radius 2 is 2.00 bits per heavy atom. The highest BCUT2D eigenvalue weighted by molar-refractivity contribution is 6.31. The van der Waals surface area contributed by atoms with E-state index in [0.29, 0.717) is 6.54 Å². The van der Waals surface area contributed by atoms with Gasteiger partial charge in [0.25, 0.3) is 0 Å². The molecule has 96 valence electrons. The van der Waals surface area contributed by atoms with E-state index in [0.717, 1.165) is 47.9 Å². The van der Waals surface area contributed by atoms with Crippen molar-refractivity contribution in [1.82, 2.24) is 4.98 Å². The summed E-state index contributed by atoms with van der Waals surface area (Å²) in [5, 5.41) is 0.799. The number of hydrogen-bond acceptors (Lipinski definition) is 3. The lowest BCUT2D eigenvalue weighted by Crippen LogP contribution is -1.99. The van der Waals surface area contributed by atoms with Gasteiger partial charge in [0.15, 0.2) is 5.89 Å². The fourth-order valence-corrected chi connectivity index (χ4v) is 2.03. The molecule has 0 bridgehead atoms. The van der Waals surface area contributed by atoms with Crippen LogP contribution in [0.1, 0.15) is 23.6 Å². The van der Waals surface area contributed by atoms with Gasteiger partial charge >= 0.3 is 0 Å². The first-order chi connectivity index (χ1) is 8.79. The minimum absolute atomic E-state index is 0.676. The van der Waals surface area contributed by atoms with E-state index in [9.17, 15) is 0 Å². The number of hydrogen-bond donors (Lipinski definition) is 1. The summed E-state index contributed by atoms with van der Waals surface area (Å²) in [6.07, 6.45) is 5.19. The van der Waals surface area contributed by atoms with Crippen molar-refractivity contribution < 1.29 is 4.42 Å². The zero-order valence-electron chi connectivity index (χ0n) is 10.2. The molecule has 0 atom stereocenters. The number of halogens is 1. The molecule has 18 heavy (non-hydrogen) atoms. The van der Waals surface area contributed by atoms with Crippen molar-refractivity contribution in [2.45, 2.75) is 25.7 Å². The van der Waals surface area contributed by atoms with Crippen LogP contribution in [0.15, 0.2) is 34.9 Å². The lowest BCUT2D eigenvalue weighted by molar-refractivity contribution is 0.450. The maximum atomic E-state index is 6.10. The molecule has 2 aromatic rings. The Balaban J connectivity index is 1.90. The summed E-state index contributed by atoms with van der Waals surface area (Å²) in [7, 11) is 0. The fourth-order valence-electron chi connectivity index (χ4n) is 1.80. The van der Waals surface area contributed by atoms with E-state index in [1.807, 2.05) is 24.3 Å². The first-order valence-electron chi connectivity index (χ1n) is 6.16. The van der Waals surface area contributed by atoms with E-state index in [1.165, 1.54) is 0 Å². The number of aryl methyl sites for hydroxylation is 3. The van der Waals surface area contributed by atoms with Crippen LogP contribution in [0.2, 0.25) is 5.02 Å². The lowest BCUT2D eigenvalue weighted by Gasteiger charge is -2.01. The van der Waals surface area contributed by atoms with Gasteiger partial charge in [-0.1, -0.05) is 29.8 Å². The largest absolute Gasteiger partial charge is 0.446 e. The number of aromatic nitrogens is 1. The minimum atomic E-state index is 0.676. The van der Waals surface area contributed by atoms with Gasteiger partial charge in [-0.15, -0.1) is 0 Å². The monoisotopic (exact) mass is 264 g/mol. The van der Waals surface area contributed by atoms with Crippen LogP contribution in [-0.2, 0) is 19.3 Å². The molecule has 2 N–H and O–H groups in total. The minimum Gasteiger partial charge on any atom is -0.446 e. The van der Waals surface area contributed by atoms with Gasteiger partial charge < -0.3 is 10.2 Å². The Labute approximate surface area is 112 Å². The summed E-state index contributed by atoms with van der Waals surface area (Å²) in [5.74, 6) is 1.68. The van der Waals surface area contributed by atoms with E-state index in [2.05, 4.69) is 4.98 Å². The molecule has 1 aromatic heterocycles. The van der Waals surface area contributed by atoms with E-state index in [-0.39, 0.29) is 0 Å². The standard InChI is InChI=1S/C14H17ClN2O/c15-13-6-2-1-4-11(13)7-8-14-17-10-12(18-14)5-3-9-16/h1-2,4,6,10H,3,5,7-9,16H2. The number of nitrogens with zero attached hydrogens (tertiary/aromatic N) is 1. The van der Waals surface area contributed by atoms with Gasteiger partial charge in [0.1, 0.15) is 5.76 Å². The molecular formula is C14H17ClN2O. The molecule has 4 heteroatoms. The maximum Gasteiger partial charge on any atom is 0.194 e. The Morgan fingerprint density at radius 1 is 1.17 bits per heavy atom. The van der Waals surface area contributed by atoms with Crippen LogP contribution in [-0.4, -0.2) is 11.5 Å². The number of nitrogens with two attached hydrogens (primary N) is 1. The van der Waals surface area contributed by atoms with Gasteiger partial charge in [-0.2, -0.15) is 0 Å². The van der Waals surface area contributed by atoms with Crippen LogP contribution >= 0.6 is 11.6 Å². The average molecular weight is 265 g/mol. The topological polar surface area (TPSA) is 52.0 Å². The third-order valence-electron chi connectivity index (χ3n) is 2.79. The molecule has 1 heterocycles. The van der Waals surface area contributed by atoms with Crippen LogP contribution in [0.25, 0.3) is 0 Å². The molecule has 2 rings (SSSR count). The van der Waals surface area contributed by atoms with Crippen molar-refractivity contribution in [1.29, 1.82) is 0 Å². The number of rotatable bonds is 6. The molecule has 0 radical (unpaired) electrons. The highest BCUT2D eigenvalue weighted by atomic mass is 35.5. The third-order valence-corrected chi connectivity index (χ3v) is 3.16. The van der Waals surface area contributed by atoms with E-state index < -0.39 is 0 Å². The van der Waals surface area contributed by atoms with Gasteiger partial charge in [-0.05, 0) is 31.0 Å². The van der Waals surface area contributed by atoms with Gasteiger partial charge in [-0.25, -0.2) is 4.98 Å². The molecule has 0 unspecified atom stereocenters. The second kappa shape index (κ2) is 6.57. The number of benzene rings is 1. The maximum absolute atomic E-state index is 6.10. The molecule has 3 nitrogen and oxygen atoms in total. The van der Waals surface area contributed by atoms with Crippen molar-refractivity contribution in [3.05, 3.63) is 52.7 Å². The van der Waals surface area contributed by atoms with Crippen molar-refractivity contribution >= 4 is 11.6 Å². The molecular weight excluding hydrogens is 248 g/mol. The van der Waals surface area contributed by atoms with E-state index in [1.54, 1.807) is 6.20 Å². The summed E-state index contributed by atoms with van der Waals surface area (Å²) in [4.78, 5) is 4.26. The molecule has 0 aliphatic carbocycles. The van der Waals surface area contributed by atoms with Crippen molar-refractivity contribution in [2.24, 2.45) is 5.73 Å². The fraction of sp³-hybridized carbons (Fsp3) is 0.357. The van der Waals surface area contributed by atoms with Crippen LogP contribution < -0.4 is 5.73 Å². The molecule has 0 aliphatic rings. The van der Waals surface area contributed by atoms with Gasteiger partial charge in [0.05, 0.1) is 6.20 Å². The second-order valence-corrected chi connectivity index (χ2v) is 4.61. The summed E-state index contributed by atoms with van der Waals surface area (Å²) in [6, 6.07) is 7.85. The lowest BCUT2D eigenvalue weighted by atomic mass is 10.1. The normalized spacial score (nSPS) is 10.8.